The molecule has 2 heteroatoms. The molecule has 0 bridgehead atoms. The molecule has 1 unspecified atom stereocenters. The lowest BCUT2D eigenvalue weighted by atomic mass is 10.0. The van der Waals surface area contributed by atoms with Crippen LogP contribution in [0.5, 0.6) is 5.75 Å². The number of unbranched alkanes of at least 4 members (excludes halogenated alkanes) is 11. The van der Waals surface area contributed by atoms with E-state index in [0.29, 0.717) is 0 Å². The van der Waals surface area contributed by atoms with Crippen molar-refractivity contribution in [2.75, 3.05) is 13.2 Å². The van der Waals surface area contributed by atoms with Gasteiger partial charge in [0.1, 0.15) is 5.75 Å². The lowest BCUT2D eigenvalue weighted by Gasteiger charge is -2.14. The third-order valence-electron chi connectivity index (χ3n) is 6.45. The summed E-state index contributed by atoms with van der Waals surface area (Å²) in [4.78, 5) is 0. The number of ether oxygens (including phenoxy) is 2. The molecule has 0 saturated heterocycles. The lowest BCUT2D eigenvalue weighted by molar-refractivity contribution is 0.0630. The van der Waals surface area contributed by atoms with Crippen molar-refractivity contribution in [2.24, 2.45) is 0 Å². The third kappa shape index (κ3) is 11.8. The van der Waals surface area contributed by atoms with Gasteiger partial charge in [0.05, 0.1) is 12.7 Å². The van der Waals surface area contributed by atoms with Crippen molar-refractivity contribution in [1.29, 1.82) is 0 Å². The van der Waals surface area contributed by atoms with E-state index >= 15 is 0 Å². The molecule has 0 radical (unpaired) electrons. The van der Waals surface area contributed by atoms with Gasteiger partial charge in [0.15, 0.2) is 0 Å². The first-order chi connectivity index (χ1) is 16.2. The Morgan fingerprint density at radius 3 is 1.58 bits per heavy atom. The predicted molar refractivity (Wildman–Crippen MR) is 143 cm³/mol. The van der Waals surface area contributed by atoms with E-state index in [1.165, 1.54) is 87.3 Å². The standard InChI is InChI=1S/C31H48O2/c1-4-6-8-9-10-11-12-13-14-16-26-33-31-23-21-30(22-24-31)29-19-17-28(18-20-29)27(3)32-25-15-7-5-2/h17-24,27H,4-16,25-26H2,1-3H3. The van der Waals surface area contributed by atoms with Gasteiger partial charge >= 0.3 is 0 Å². The zero-order valence-corrected chi connectivity index (χ0v) is 21.6. The molecule has 2 aromatic carbocycles. The fraction of sp³-hybridized carbons (Fsp3) is 0.613. The van der Waals surface area contributed by atoms with Crippen LogP contribution in [0.2, 0.25) is 0 Å². The molecule has 33 heavy (non-hydrogen) atoms. The van der Waals surface area contributed by atoms with Gasteiger partial charge in [-0.1, -0.05) is 121 Å². The van der Waals surface area contributed by atoms with Gasteiger partial charge in [-0.25, -0.2) is 0 Å². The average Bonchev–Trinajstić information content (AvgIpc) is 2.85. The minimum atomic E-state index is 0.150. The van der Waals surface area contributed by atoms with E-state index in [2.05, 4.69) is 69.3 Å². The van der Waals surface area contributed by atoms with Crippen LogP contribution >= 0.6 is 0 Å². The molecule has 2 aromatic rings. The second-order valence-corrected chi connectivity index (χ2v) is 9.40. The molecule has 2 nitrogen and oxygen atoms in total. The van der Waals surface area contributed by atoms with Crippen LogP contribution in [0.15, 0.2) is 48.5 Å². The van der Waals surface area contributed by atoms with Gasteiger partial charge < -0.3 is 9.47 Å². The van der Waals surface area contributed by atoms with Crippen LogP contribution in [-0.2, 0) is 4.74 Å². The Morgan fingerprint density at radius 1 is 0.545 bits per heavy atom. The third-order valence-corrected chi connectivity index (χ3v) is 6.45. The lowest BCUT2D eigenvalue weighted by Crippen LogP contribution is -2.01. The van der Waals surface area contributed by atoms with Gasteiger partial charge in [-0.3, -0.25) is 0 Å². The van der Waals surface area contributed by atoms with E-state index in [-0.39, 0.29) is 6.10 Å². The molecule has 0 amide bonds. The Balaban J connectivity index is 1.62. The monoisotopic (exact) mass is 452 g/mol. The molecule has 0 saturated carbocycles. The van der Waals surface area contributed by atoms with Crippen molar-refractivity contribution < 1.29 is 9.47 Å². The van der Waals surface area contributed by atoms with Gasteiger partial charge in [0.25, 0.3) is 0 Å². The van der Waals surface area contributed by atoms with E-state index in [1.54, 1.807) is 0 Å². The van der Waals surface area contributed by atoms with Gasteiger partial charge in [0.2, 0.25) is 0 Å². The van der Waals surface area contributed by atoms with Gasteiger partial charge in [0, 0.05) is 6.61 Å². The summed E-state index contributed by atoms with van der Waals surface area (Å²) in [5.41, 5.74) is 3.70. The van der Waals surface area contributed by atoms with Crippen LogP contribution in [0.25, 0.3) is 11.1 Å². The normalized spacial score (nSPS) is 12.1. The fourth-order valence-corrected chi connectivity index (χ4v) is 4.18. The van der Waals surface area contributed by atoms with Crippen LogP contribution in [-0.4, -0.2) is 13.2 Å². The highest BCUT2D eigenvalue weighted by Gasteiger charge is 2.06. The molecule has 0 aliphatic rings. The molecular formula is C31H48O2. The van der Waals surface area contributed by atoms with E-state index < -0.39 is 0 Å². The van der Waals surface area contributed by atoms with Crippen molar-refractivity contribution in [3.05, 3.63) is 54.1 Å². The molecule has 0 aliphatic carbocycles. The summed E-state index contributed by atoms with van der Waals surface area (Å²) in [6.07, 6.45) is 17.3. The molecule has 2 rings (SSSR count). The van der Waals surface area contributed by atoms with Crippen LogP contribution < -0.4 is 4.74 Å². The molecule has 0 aromatic heterocycles. The minimum Gasteiger partial charge on any atom is -0.494 e. The number of hydrogen-bond acceptors (Lipinski definition) is 2. The van der Waals surface area contributed by atoms with E-state index in [0.717, 1.165) is 31.8 Å². The summed E-state index contributed by atoms with van der Waals surface area (Å²) in [7, 11) is 0. The second kappa shape index (κ2) is 17.6. The largest absolute Gasteiger partial charge is 0.494 e. The highest BCUT2D eigenvalue weighted by molar-refractivity contribution is 5.64. The van der Waals surface area contributed by atoms with Crippen molar-refractivity contribution in [3.8, 4) is 16.9 Å². The highest BCUT2D eigenvalue weighted by atomic mass is 16.5. The maximum atomic E-state index is 5.97. The van der Waals surface area contributed by atoms with E-state index in [4.69, 9.17) is 9.47 Å². The van der Waals surface area contributed by atoms with Crippen LogP contribution in [0.1, 0.15) is 116 Å². The molecule has 184 valence electrons. The van der Waals surface area contributed by atoms with Crippen molar-refractivity contribution >= 4 is 0 Å². The fourth-order valence-electron chi connectivity index (χ4n) is 4.18. The van der Waals surface area contributed by atoms with Gasteiger partial charge in [-0.05, 0) is 48.6 Å². The Hall–Kier alpha value is -1.80. The Kier molecular flexibility index (Phi) is 14.7. The maximum absolute atomic E-state index is 5.97. The molecule has 0 heterocycles. The van der Waals surface area contributed by atoms with Crippen molar-refractivity contribution in [2.45, 2.75) is 110 Å². The summed E-state index contributed by atoms with van der Waals surface area (Å²) in [5, 5.41) is 0. The first-order valence-corrected chi connectivity index (χ1v) is 13.7. The average molecular weight is 453 g/mol. The summed E-state index contributed by atoms with van der Waals surface area (Å²) >= 11 is 0. The van der Waals surface area contributed by atoms with Crippen LogP contribution in [0.4, 0.5) is 0 Å². The topological polar surface area (TPSA) is 18.5 Å². The summed E-state index contributed by atoms with van der Waals surface area (Å²) in [6, 6.07) is 17.3. The van der Waals surface area contributed by atoms with Crippen LogP contribution in [0, 0.1) is 0 Å². The molecular weight excluding hydrogens is 404 g/mol. The minimum absolute atomic E-state index is 0.150. The number of hydrogen-bond donors (Lipinski definition) is 0. The zero-order valence-electron chi connectivity index (χ0n) is 21.6. The summed E-state index contributed by atoms with van der Waals surface area (Å²) < 4.78 is 11.9. The summed E-state index contributed by atoms with van der Waals surface area (Å²) in [6.45, 7) is 8.31. The second-order valence-electron chi connectivity index (χ2n) is 9.40. The highest BCUT2D eigenvalue weighted by Crippen LogP contribution is 2.25. The Morgan fingerprint density at radius 2 is 1.00 bits per heavy atom. The first kappa shape index (κ1) is 27.4. The number of benzene rings is 2. The van der Waals surface area contributed by atoms with Gasteiger partial charge in [-0.15, -0.1) is 0 Å². The molecule has 0 fully saturated rings. The summed E-state index contributed by atoms with van der Waals surface area (Å²) in [5.74, 6) is 0.973. The molecule has 0 spiro atoms. The SMILES string of the molecule is CCCCCCCCCCCCOc1ccc(-c2ccc(C(C)OCCCCC)cc2)cc1. The molecule has 1 atom stereocenters. The molecule has 0 N–H and O–H groups in total. The Bertz CT molecular complexity index is 705. The zero-order chi connectivity index (χ0) is 23.6. The Labute approximate surface area is 204 Å². The van der Waals surface area contributed by atoms with Gasteiger partial charge in [-0.2, -0.15) is 0 Å². The van der Waals surface area contributed by atoms with E-state index in [9.17, 15) is 0 Å². The van der Waals surface area contributed by atoms with Crippen molar-refractivity contribution in [1.82, 2.24) is 0 Å². The first-order valence-electron chi connectivity index (χ1n) is 13.7. The van der Waals surface area contributed by atoms with Crippen LogP contribution in [0.3, 0.4) is 0 Å². The number of rotatable bonds is 19. The predicted octanol–water partition coefficient (Wildman–Crippen LogP) is 9.92. The molecule has 0 aliphatic heterocycles. The maximum Gasteiger partial charge on any atom is 0.119 e. The smallest absolute Gasteiger partial charge is 0.119 e. The quantitative estimate of drug-likeness (QED) is 0.197. The van der Waals surface area contributed by atoms with Crippen molar-refractivity contribution in [3.63, 3.8) is 0 Å². The van der Waals surface area contributed by atoms with E-state index in [1.807, 2.05) is 0 Å².